The smallest absolute Gasteiger partial charge is 0.420 e. The fourth-order valence-corrected chi connectivity index (χ4v) is 2.59. The van der Waals surface area contributed by atoms with Crippen molar-refractivity contribution in [3.63, 3.8) is 0 Å². The number of benzene rings is 1. The summed E-state index contributed by atoms with van der Waals surface area (Å²) in [6.07, 6.45) is -2.86. The zero-order valence-corrected chi connectivity index (χ0v) is 11.6. The van der Waals surface area contributed by atoms with Crippen molar-refractivity contribution in [1.29, 1.82) is 0 Å². The summed E-state index contributed by atoms with van der Waals surface area (Å²) in [5.41, 5.74) is -0.411. The average Bonchev–Trinajstić information content (AvgIpc) is 2.47. The summed E-state index contributed by atoms with van der Waals surface area (Å²) in [6.45, 7) is 0.321. The zero-order chi connectivity index (χ0) is 15.5. The van der Waals surface area contributed by atoms with E-state index in [-0.39, 0.29) is 17.4 Å². The standard InChI is InChI=1S/C14H17F4NO2/c1-20-13-5-10(9-3-2-4-19-7-9)12(21-8-15)6-11(13)14(16,17)18/h5-6,9,19H,2-4,7-8H2,1H3. The lowest BCUT2D eigenvalue weighted by Gasteiger charge is -2.26. The predicted octanol–water partition coefficient (Wildman–Crippen LogP) is 3.49. The van der Waals surface area contributed by atoms with Gasteiger partial charge in [0.1, 0.15) is 17.1 Å². The van der Waals surface area contributed by atoms with Gasteiger partial charge in [0.25, 0.3) is 0 Å². The van der Waals surface area contributed by atoms with Gasteiger partial charge in [0, 0.05) is 18.0 Å². The van der Waals surface area contributed by atoms with Gasteiger partial charge in [-0.2, -0.15) is 13.2 Å². The minimum atomic E-state index is -4.58. The largest absolute Gasteiger partial charge is 0.496 e. The van der Waals surface area contributed by atoms with E-state index in [1.54, 1.807) is 0 Å². The predicted molar refractivity (Wildman–Crippen MR) is 69.4 cm³/mol. The first-order valence-corrected chi connectivity index (χ1v) is 6.66. The third kappa shape index (κ3) is 3.58. The summed E-state index contributed by atoms with van der Waals surface area (Å²) in [7, 11) is 1.18. The lowest BCUT2D eigenvalue weighted by molar-refractivity contribution is -0.138. The average molecular weight is 307 g/mol. The summed E-state index contributed by atoms with van der Waals surface area (Å²) in [5.74, 6) is -0.356. The first-order chi connectivity index (χ1) is 9.97. The number of piperidine rings is 1. The molecule has 7 heteroatoms. The molecule has 1 atom stereocenters. The second kappa shape index (κ2) is 6.51. The van der Waals surface area contributed by atoms with E-state index >= 15 is 0 Å². The van der Waals surface area contributed by atoms with Crippen molar-refractivity contribution in [3.05, 3.63) is 23.3 Å². The summed E-state index contributed by atoms with van der Waals surface area (Å²) in [6, 6.07) is 2.13. The maximum absolute atomic E-state index is 13.0. The second-order valence-corrected chi connectivity index (χ2v) is 4.88. The van der Waals surface area contributed by atoms with Crippen LogP contribution >= 0.6 is 0 Å². The number of hydrogen-bond acceptors (Lipinski definition) is 3. The molecule has 1 aliphatic heterocycles. The Morgan fingerprint density at radius 1 is 1.29 bits per heavy atom. The second-order valence-electron chi connectivity index (χ2n) is 4.88. The highest BCUT2D eigenvalue weighted by Gasteiger charge is 2.36. The summed E-state index contributed by atoms with van der Waals surface area (Å²) < 4.78 is 61.1. The van der Waals surface area contributed by atoms with Gasteiger partial charge in [0.2, 0.25) is 6.86 Å². The number of hydrogen-bond donors (Lipinski definition) is 1. The van der Waals surface area contributed by atoms with Crippen molar-refractivity contribution in [2.24, 2.45) is 0 Å². The Morgan fingerprint density at radius 2 is 2.05 bits per heavy atom. The zero-order valence-electron chi connectivity index (χ0n) is 11.6. The maximum atomic E-state index is 13.0. The Labute approximate surface area is 120 Å². The number of ether oxygens (including phenoxy) is 2. The van der Waals surface area contributed by atoms with Crippen LogP contribution in [-0.4, -0.2) is 27.1 Å². The number of nitrogens with one attached hydrogen (secondary N) is 1. The molecule has 0 bridgehead atoms. The van der Waals surface area contributed by atoms with Crippen molar-refractivity contribution in [1.82, 2.24) is 5.32 Å². The minimum Gasteiger partial charge on any atom is -0.496 e. The monoisotopic (exact) mass is 307 g/mol. The van der Waals surface area contributed by atoms with E-state index in [1.165, 1.54) is 13.2 Å². The van der Waals surface area contributed by atoms with Crippen molar-refractivity contribution < 1.29 is 27.0 Å². The fraction of sp³-hybridized carbons (Fsp3) is 0.571. The third-order valence-corrected chi connectivity index (χ3v) is 3.58. The number of rotatable bonds is 4. The van der Waals surface area contributed by atoms with Gasteiger partial charge in [0.05, 0.1) is 7.11 Å². The molecule has 0 amide bonds. The highest BCUT2D eigenvalue weighted by molar-refractivity contribution is 5.49. The minimum absolute atomic E-state index is 0.0171. The molecule has 0 aromatic heterocycles. The topological polar surface area (TPSA) is 30.5 Å². The van der Waals surface area contributed by atoms with E-state index in [4.69, 9.17) is 9.47 Å². The number of alkyl halides is 4. The van der Waals surface area contributed by atoms with Crippen LogP contribution in [0, 0.1) is 0 Å². The normalized spacial score (nSPS) is 19.4. The van der Waals surface area contributed by atoms with Crippen LogP contribution in [0.25, 0.3) is 0 Å². The van der Waals surface area contributed by atoms with E-state index in [2.05, 4.69) is 5.32 Å². The molecule has 1 aromatic carbocycles. The van der Waals surface area contributed by atoms with Crippen molar-refractivity contribution in [2.45, 2.75) is 24.9 Å². The molecule has 2 rings (SSSR count). The molecule has 1 saturated heterocycles. The molecule has 1 fully saturated rings. The van der Waals surface area contributed by atoms with E-state index in [0.29, 0.717) is 12.1 Å². The maximum Gasteiger partial charge on any atom is 0.420 e. The van der Waals surface area contributed by atoms with Gasteiger partial charge in [0.15, 0.2) is 0 Å². The molecular formula is C14H17F4NO2. The van der Waals surface area contributed by atoms with Gasteiger partial charge in [-0.25, -0.2) is 4.39 Å². The van der Waals surface area contributed by atoms with E-state index in [9.17, 15) is 17.6 Å². The molecule has 1 aromatic rings. The lowest BCUT2D eigenvalue weighted by Crippen LogP contribution is -2.28. The Bertz CT molecular complexity index is 485. The number of halogens is 4. The summed E-state index contributed by atoms with van der Waals surface area (Å²) in [5, 5.41) is 3.17. The quantitative estimate of drug-likeness (QED) is 0.864. The molecular weight excluding hydrogens is 290 g/mol. The van der Waals surface area contributed by atoms with E-state index in [1.807, 2.05) is 0 Å². The van der Waals surface area contributed by atoms with Crippen LogP contribution in [-0.2, 0) is 6.18 Å². The molecule has 1 heterocycles. The fourth-order valence-electron chi connectivity index (χ4n) is 2.59. The van der Waals surface area contributed by atoms with Crippen molar-refractivity contribution in [3.8, 4) is 11.5 Å². The van der Waals surface area contributed by atoms with Gasteiger partial charge in [-0.1, -0.05) is 0 Å². The van der Waals surface area contributed by atoms with Crippen LogP contribution in [0.2, 0.25) is 0 Å². The Morgan fingerprint density at radius 3 is 2.57 bits per heavy atom. The first-order valence-electron chi connectivity index (χ1n) is 6.66. The third-order valence-electron chi connectivity index (χ3n) is 3.58. The molecule has 21 heavy (non-hydrogen) atoms. The van der Waals surface area contributed by atoms with E-state index < -0.39 is 18.6 Å². The lowest BCUT2D eigenvalue weighted by atomic mass is 9.90. The van der Waals surface area contributed by atoms with Gasteiger partial charge >= 0.3 is 6.18 Å². The molecule has 0 saturated carbocycles. The van der Waals surface area contributed by atoms with Crippen LogP contribution in [0.4, 0.5) is 17.6 Å². The van der Waals surface area contributed by atoms with Gasteiger partial charge < -0.3 is 14.8 Å². The SMILES string of the molecule is COc1cc(C2CCCNC2)c(OCF)cc1C(F)(F)F. The van der Waals surface area contributed by atoms with E-state index in [0.717, 1.165) is 25.5 Å². The Kier molecular flexibility index (Phi) is 4.92. The molecule has 1 unspecified atom stereocenters. The molecule has 0 radical (unpaired) electrons. The first kappa shape index (κ1) is 15.9. The van der Waals surface area contributed by atoms with Crippen LogP contribution in [0.3, 0.4) is 0 Å². The van der Waals surface area contributed by atoms with Gasteiger partial charge in [-0.05, 0) is 31.5 Å². The number of methoxy groups -OCH3 is 1. The Balaban J connectivity index is 2.47. The van der Waals surface area contributed by atoms with Crippen LogP contribution in [0.1, 0.15) is 29.9 Å². The molecule has 3 nitrogen and oxygen atoms in total. The molecule has 0 spiro atoms. The van der Waals surface area contributed by atoms with Gasteiger partial charge in [-0.15, -0.1) is 0 Å². The molecule has 1 N–H and O–H groups in total. The highest BCUT2D eigenvalue weighted by atomic mass is 19.4. The van der Waals surface area contributed by atoms with Crippen molar-refractivity contribution >= 4 is 0 Å². The highest BCUT2D eigenvalue weighted by Crippen LogP contribution is 2.43. The van der Waals surface area contributed by atoms with Gasteiger partial charge in [-0.3, -0.25) is 0 Å². The molecule has 0 aliphatic carbocycles. The Hall–Kier alpha value is -1.50. The molecule has 118 valence electrons. The van der Waals surface area contributed by atoms with Crippen LogP contribution in [0.5, 0.6) is 11.5 Å². The van der Waals surface area contributed by atoms with Crippen molar-refractivity contribution in [2.75, 3.05) is 27.1 Å². The summed E-state index contributed by atoms with van der Waals surface area (Å²) in [4.78, 5) is 0. The van der Waals surface area contributed by atoms with Crippen LogP contribution in [0.15, 0.2) is 12.1 Å². The summed E-state index contributed by atoms with van der Waals surface area (Å²) >= 11 is 0. The van der Waals surface area contributed by atoms with Crippen LogP contribution < -0.4 is 14.8 Å². The molecule has 1 aliphatic rings.